The molecule has 1 aliphatic rings. The third-order valence-corrected chi connectivity index (χ3v) is 10.4. The van der Waals surface area contributed by atoms with Gasteiger partial charge in [-0.1, -0.05) is 95.6 Å². The zero-order valence-electron chi connectivity index (χ0n) is 12.8. The van der Waals surface area contributed by atoms with E-state index in [4.69, 9.17) is 9.15 Å². The SMILES string of the molecule is COc1ccc(CC=C2N=C(C(Br)(Br)CBr)NC(C(Br)(Br)CBr)=N2)o1. The van der Waals surface area contributed by atoms with Gasteiger partial charge in [0.1, 0.15) is 23.9 Å². The molecule has 1 aliphatic heterocycles. The number of ether oxygens (including phenoxy) is 1. The number of rotatable bonds is 7. The summed E-state index contributed by atoms with van der Waals surface area (Å²) in [5.74, 6) is 3.19. The van der Waals surface area contributed by atoms with Crippen LogP contribution < -0.4 is 10.1 Å². The maximum Gasteiger partial charge on any atom is 0.284 e. The van der Waals surface area contributed by atoms with Gasteiger partial charge in [-0.25, -0.2) is 9.98 Å². The summed E-state index contributed by atoms with van der Waals surface area (Å²) >= 11 is 21.4. The minimum Gasteiger partial charge on any atom is -0.468 e. The molecule has 2 heterocycles. The zero-order valence-corrected chi connectivity index (χ0v) is 22.3. The quantitative estimate of drug-likeness (QED) is 0.359. The lowest BCUT2D eigenvalue weighted by molar-refractivity contribution is 0.296. The fraction of sp³-hybridized carbons (Fsp3) is 0.429. The van der Waals surface area contributed by atoms with Gasteiger partial charge in [0, 0.05) is 23.1 Å². The first-order valence-corrected chi connectivity index (χ1v) is 12.3. The van der Waals surface area contributed by atoms with Gasteiger partial charge in [0.2, 0.25) is 0 Å². The Morgan fingerprint density at radius 3 is 2.08 bits per heavy atom. The molecule has 0 unspecified atom stereocenters. The molecule has 138 valence electrons. The smallest absolute Gasteiger partial charge is 0.284 e. The van der Waals surface area contributed by atoms with Gasteiger partial charge in [-0.05, 0) is 12.1 Å². The van der Waals surface area contributed by atoms with Crippen molar-refractivity contribution in [1.29, 1.82) is 0 Å². The highest BCUT2D eigenvalue weighted by molar-refractivity contribution is 9.27. The Kier molecular flexibility index (Phi) is 8.29. The molecule has 1 aromatic rings. The molecule has 0 spiro atoms. The maximum atomic E-state index is 5.52. The average molecular weight is 735 g/mol. The van der Waals surface area contributed by atoms with E-state index in [0.717, 1.165) is 5.76 Å². The molecule has 1 aromatic heterocycles. The maximum absolute atomic E-state index is 5.52. The standard InChI is InChI=1S/C14H13Br6N3O2/c1-24-10-5-3-8(25-10)2-4-9-21-11(13(17,18)6-15)23-12(22-9)14(19,20)7-16/h3-5H,2,6-7H2,1H3,(H,21,22,23). The van der Waals surface area contributed by atoms with Crippen molar-refractivity contribution in [3.8, 4) is 5.95 Å². The Labute approximate surface area is 196 Å². The lowest BCUT2D eigenvalue weighted by atomic mass is 10.3. The normalized spacial score (nSPS) is 15.4. The molecule has 0 fully saturated rings. The van der Waals surface area contributed by atoms with Crippen molar-refractivity contribution < 1.29 is 9.15 Å². The van der Waals surface area contributed by atoms with Crippen LogP contribution in [0.5, 0.6) is 5.95 Å². The largest absolute Gasteiger partial charge is 0.468 e. The van der Waals surface area contributed by atoms with Crippen molar-refractivity contribution in [1.82, 2.24) is 5.32 Å². The molecule has 0 radical (unpaired) electrons. The van der Waals surface area contributed by atoms with Crippen LogP contribution in [-0.2, 0) is 6.42 Å². The molecule has 0 saturated carbocycles. The number of furan rings is 1. The van der Waals surface area contributed by atoms with E-state index >= 15 is 0 Å². The van der Waals surface area contributed by atoms with Crippen LogP contribution in [0.4, 0.5) is 0 Å². The molecular formula is C14H13Br6N3O2. The van der Waals surface area contributed by atoms with Crippen molar-refractivity contribution in [3.05, 3.63) is 29.8 Å². The first-order valence-electron chi connectivity index (χ1n) is 6.87. The van der Waals surface area contributed by atoms with Crippen LogP contribution in [-0.4, -0.2) is 35.9 Å². The minimum absolute atomic E-state index is 0.477. The van der Waals surface area contributed by atoms with Crippen molar-refractivity contribution in [2.45, 2.75) is 12.9 Å². The molecule has 2 rings (SSSR count). The molecule has 0 saturated heterocycles. The van der Waals surface area contributed by atoms with Gasteiger partial charge in [-0.2, -0.15) is 0 Å². The zero-order chi connectivity index (χ0) is 18.7. The van der Waals surface area contributed by atoms with E-state index in [-0.39, 0.29) is 0 Å². The number of alkyl halides is 6. The van der Waals surface area contributed by atoms with E-state index in [0.29, 0.717) is 40.5 Å². The van der Waals surface area contributed by atoms with Crippen LogP contribution in [0, 0.1) is 0 Å². The number of hydrogen-bond acceptors (Lipinski definition) is 5. The van der Waals surface area contributed by atoms with Crippen LogP contribution in [0.25, 0.3) is 0 Å². The predicted molar refractivity (Wildman–Crippen MR) is 124 cm³/mol. The lowest BCUT2D eigenvalue weighted by Crippen LogP contribution is -2.50. The van der Waals surface area contributed by atoms with Crippen molar-refractivity contribution in [3.63, 3.8) is 0 Å². The number of amidine groups is 2. The molecule has 0 bridgehead atoms. The van der Waals surface area contributed by atoms with Gasteiger partial charge in [-0.15, -0.1) is 0 Å². The number of nitrogens with one attached hydrogen (secondary N) is 1. The molecule has 0 atom stereocenters. The summed E-state index contributed by atoms with van der Waals surface area (Å²) in [6.45, 7) is 0. The van der Waals surface area contributed by atoms with Crippen LogP contribution in [0.2, 0.25) is 0 Å². The molecule has 0 aromatic carbocycles. The molecule has 25 heavy (non-hydrogen) atoms. The number of halogens is 6. The van der Waals surface area contributed by atoms with Crippen LogP contribution in [0.3, 0.4) is 0 Å². The van der Waals surface area contributed by atoms with Gasteiger partial charge in [-0.3, -0.25) is 0 Å². The highest BCUT2D eigenvalue weighted by Crippen LogP contribution is 2.35. The minimum atomic E-state index is -0.545. The van der Waals surface area contributed by atoms with Crippen molar-refractivity contribution >= 4 is 107 Å². The molecule has 1 N–H and O–H groups in total. The molecule has 0 aliphatic carbocycles. The molecule has 11 heteroatoms. The first kappa shape index (κ1) is 22.1. The van der Waals surface area contributed by atoms with Gasteiger partial charge in [0.05, 0.1) is 7.11 Å². The Morgan fingerprint density at radius 1 is 1.08 bits per heavy atom. The molecule has 0 amide bonds. The number of methoxy groups -OCH3 is 1. The summed E-state index contributed by atoms with van der Waals surface area (Å²) in [5, 5.41) is 4.46. The van der Waals surface area contributed by atoms with E-state index in [1.165, 1.54) is 0 Å². The fourth-order valence-electron chi connectivity index (χ4n) is 1.76. The third kappa shape index (κ3) is 5.91. The van der Waals surface area contributed by atoms with Crippen molar-refractivity contribution in [2.24, 2.45) is 9.98 Å². The van der Waals surface area contributed by atoms with E-state index < -0.39 is 6.47 Å². The second-order valence-corrected chi connectivity index (χ2v) is 13.6. The highest BCUT2D eigenvalue weighted by Gasteiger charge is 2.37. The first-order chi connectivity index (χ1) is 11.7. The number of hydrogen-bond donors (Lipinski definition) is 1. The summed E-state index contributed by atoms with van der Waals surface area (Å²) in [4.78, 5) is 9.18. The second-order valence-electron chi connectivity index (χ2n) is 4.91. The van der Waals surface area contributed by atoms with Gasteiger partial charge < -0.3 is 14.5 Å². The van der Waals surface area contributed by atoms with E-state index in [2.05, 4.69) is 111 Å². The number of nitrogens with zero attached hydrogens (tertiary/aromatic N) is 2. The predicted octanol–water partition coefficient (Wildman–Crippen LogP) is 5.83. The number of allylic oxidation sites excluding steroid dienone is 1. The second kappa shape index (κ2) is 9.36. The molecular weight excluding hydrogens is 722 g/mol. The fourth-order valence-corrected chi connectivity index (χ4v) is 3.04. The Hall–Kier alpha value is 0.840. The Morgan fingerprint density at radius 2 is 1.64 bits per heavy atom. The summed E-state index contributed by atoms with van der Waals surface area (Å²) in [6, 6.07) is 3.64. The number of aliphatic imine (C=N–C) groups is 2. The Bertz CT molecular complexity index is 677. The lowest BCUT2D eigenvalue weighted by Gasteiger charge is -2.29. The van der Waals surface area contributed by atoms with E-state index in [1.807, 2.05) is 12.1 Å². The monoisotopic (exact) mass is 729 g/mol. The van der Waals surface area contributed by atoms with Crippen LogP contribution in [0.1, 0.15) is 5.76 Å². The Balaban J connectivity index is 2.33. The van der Waals surface area contributed by atoms with E-state index in [9.17, 15) is 0 Å². The van der Waals surface area contributed by atoms with Crippen LogP contribution >= 0.6 is 95.6 Å². The average Bonchev–Trinajstić information content (AvgIpc) is 3.07. The van der Waals surface area contributed by atoms with Crippen LogP contribution in [0.15, 0.2) is 38.4 Å². The topological polar surface area (TPSA) is 59.1 Å². The van der Waals surface area contributed by atoms with Gasteiger partial charge >= 0.3 is 0 Å². The summed E-state index contributed by atoms with van der Waals surface area (Å²) in [7, 11) is 1.57. The van der Waals surface area contributed by atoms with Gasteiger partial charge in [0.15, 0.2) is 5.82 Å². The summed E-state index contributed by atoms with van der Waals surface area (Å²) in [6.07, 6.45) is 2.44. The summed E-state index contributed by atoms with van der Waals surface area (Å²) in [5.41, 5.74) is 0. The third-order valence-electron chi connectivity index (χ3n) is 3.04. The van der Waals surface area contributed by atoms with Crippen molar-refractivity contribution in [2.75, 3.05) is 17.8 Å². The molecule has 5 nitrogen and oxygen atoms in total. The van der Waals surface area contributed by atoms with E-state index in [1.54, 1.807) is 13.2 Å². The summed E-state index contributed by atoms with van der Waals surface area (Å²) < 4.78 is 9.48. The highest BCUT2D eigenvalue weighted by atomic mass is 79.9. The van der Waals surface area contributed by atoms with Gasteiger partial charge in [0.25, 0.3) is 5.95 Å².